The molecule has 0 atom stereocenters. The van der Waals surface area contributed by atoms with Crippen LogP contribution in [0.5, 0.6) is 5.88 Å². The van der Waals surface area contributed by atoms with E-state index >= 15 is 0 Å². The van der Waals surface area contributed by atoms with Gasteiger partial charge in [0.05, 0.1) is 13.2 Å². The van der Waals surface area contributed by atoms with Gasteiger partial charge in [-0.25, -0.2) is 4.98 Å². The fraction of sp³-hybridized carbons (Fsp3) is 0.167. The normalized spacial score (nSPS) is 9.04. The Morgan fingerprint density at radius 1 is 0.833 bits per heavy atom. The van der Waals surface area contributed by atoms with E-state index < -0.39 is 5.95 Å². The van der Waals surface area contributed by atoms with Crippen molar-refractivity contribution in [2.45, 2.75) is 0 Å². The molecule has 0 bridgehead atoms. The number of rotatable bonds is 1. The van der Waals surface area contributed by atoms with Crippen molar-refractivity contribution in [1.29, 1.82) is 0 Å². The Kier molecular flexibility index (Phi) is 8.60. The van der Waals surface area contributed by atoms with Gasteiger partial charge in [-0.3, -0.25) is 0 Å². The Labute approximate surface area is 140 Å². The van der Waals surface area contributed by atoms with Gasteiger partial charge in [0.2, 0.25) is 5.95 Å². The van der Waals surface area contributed by atoms with Crippen LogP contribution in [0.2, 0.25) is 0 Å². The van der Waals surface area contributed by atoms with Crippen LogP contribution in [0.4, 0.5) is 8.78 Å². The van der Waals surface area contributed by atoms with E-state index in [9.17, 15) is 8.78 Å². The second-order valence-electron chi connectivity index (χ2n) is 4.64. The van der Waals surface area contributed by atoms with E-state index in [1.807, 2.05) is 36.0 Å². The van der Waals surface area contributed by atoms with E-state index in [1.165, 1.54) is 22.9 Å². The zero-order valence-corrected chi connectivity index (χ0v) is 13.9. The Hall–Kier alpha value is -2.89. The van der Waals surface area contributed by atoms with Gasteiger partial charge in [-0.15, -0.1) is 4.39 Å². The number of ether oxygens (including phenoxy) is 1. The predicted octanol–water partition coefficient (Wildman–Crippen LogP) is 2.39. The molecule has 24 heavy (non-hydrogen) atoms. The molecule has 3 heterocycles. The summed E-state index contributed by atoms with van der Waals surface area (Å²) in [5, 5.41) is 0. The van der Waals surface area contributed by atoms with E-state index in [2.05, 4.69) is 4.98 Å². The molecule has 0 unspecified atom stereocenters. The van der Waals surface area contributed by atoms with E-state index in [-0.39, 0.29) is 5.95 Å². The number of hydrogen-bond donors (Lipinski definition) is 0. The van der Waals surface area contributed by atoms with Gasteiger partial charge in [-0.2, -0.15) is 13.5 Å². The molecular formula is C18H21F2N3O+2. The average Bonchev–Trinajstić information content (AvgIpc) is 2.60. The highest BCUT2D eigenvalue weighted by Gasteiger charge is 1.99. The third-order valence-corrected chi connectivity index (χ3v) is 2.84. The van der Waals surface area contributed by atoms with Gasteiger partial charge in [-0.1, -0.05) is 6.07 Å². The lowest BCUT2D eigenvalue weighted by atomic mass is 10.5. The Balaban J connectivity index is 0.000000181. The van der Waals surface area contributed by atoms with E-state index in [1.54, 1.807) is 44.6 Å². The Bertz CT molecular complexity index is 703. The number of aromatic nitrogens is 3. The van der Waals surface area contributed by atoms with Crippen LogP contribution in [0.3, 0.4) is 0 Å². The molecular weight excluding hydrogens is 312 g/mol. The molecule has 3 aromatic heterocycles. The summed E-state index contributed by atoms with van der Waals surface area (Å²) in [6, 6.07) is 15.3. The molecule has 3 aromatic rings. The zero-order valence-electron chi connectivity index (χ0n) is 13.9. The molecule has 126 valence electrons. The maximum atomic E-state index is 12.3. The number of aryl methyl sites for hydroxylation is 2. The SMILES string of the molecule is COc1cccc[n+]1C.C[n+]1ccccc1F.Fc1ccccn1. The molecule has 0 saturated carbocycles. The summed E-state index contributed by atoms with van der Waals surface area (Å²) < 4.78 is 32.4. The number of hydrogen-bond acceptors (Lipinski definition) is 2. The summed E-state index contributed by atoms with van der Waals surface area (Å²) in [7, 11) is 5.27. The molecule has 0 spiro atoms. The van der Waals surface area contributed by atoms with Crippen LogP contribution in [0.25, 0.3) is 0 Å². The van der Waals surface area contributed by atoms with Crippen LogP contribution in [-0.2, 0) is 14.1 Å². The maximum Gasteiger partial charge on any atom is 0.367 e. The van der Waals surface area contributed by atoms with Crippen molar-refractivity contribution in [3.8, 4) is 5.88 Å². The van der Waals surface area contributed by atoms with Gasteiger partial charge in [0.15, 0.2) is 12.4 Å². The van der Waals surface area contributed by atoms with Crippen LogP contribution in [0, 0.1) is 11.9 Å². The molecule has 0 aliphatic rings. The lowest BCUT2D eigenvalue weighted by molar-refractivity contribution is -0.700. The molecule has 6 heteroatoms. The summed E-state index contributed by atoms with van der Waals surface area (Å²) in [6.45, 7) is 0. The van der Waals surface area contributed by atoms with Gasteiger partial charge < -0.3 is 4.74 Å². The van der Waals surface area contributed by atoms with Crippen molar-refractivity contribution in [2.24, 2.45) is 14.1 Å². The molecule has 4 nitrogen and oxygen atoms in total. The second kappa shape index (κ2) is 10.8. The van der Waals surface area contributed by atoms with E-state index in [0.717, 1.165) is 5.88 Å². The first-order chi connectivity index (χ1) is 11.5. The average molecular weight is 333 g/mol. The highest BCUT2D eigenvalue weighted by molar-refractivity contribution is 5.01. The molecule has 0 fully saturated rings. The molecule has 0 saturated heterocycles. The van der Waals surface area contributed by atoms with Gasteiger partial charge in [0.1, 0.15) is 14.1 Å². The van der Waals surface area contributed by atoms with Crippen molar-refractivity contribution in [3.63, 3.8) is 0 Å². The summed E-state index contributed by atoms with van der Waals surface area (Å²) in [6.07, 6.45) is 5.02. The fourth-order valence-corrected chi connectivity index (χ4v) is 1.56. The van der Waals surface area contributed by atoms with Crippen LogP contribution < -0.4 is 13.9 Å². The largest absolute Gasteiger partial charge is 0.448 e. The van der Waals surface area contributed by atoms with Crippen LogP contribution in [0.1, 0.15) is 0 Å². The summed E-state index contributed by atoms with van der Waals surface area (Å²) in [5.41, 5.74) is 0. The number of nitrogens with zero attached hydrogens (tertiary/aromatic N) is 3. The minimum absolute atomic E-state index is 0.215. The molecule has 3 rings (SSSR count). The number of halogens is 2. The van der Waals surface area contributed by atoms with E-state index in [0.29, 0.717) is 0 Å². The highest BCUT2D eigenvalue weighted by Crippen LogP contribution is 1.97. The smallest absolute Gasteiger partial charge is 0.367 e. The van der Waals surface area contributed by atoms with Crippen LogP contribution in [0.15, 0.2) is 73.2 Å². The Morgan fingerprint density at radius 2 is 1.46 bits per heavy atom. The van der Waals surface area contributed by atoms with Gasteiger partial charge >= 0.3 is 11.8 Å². The summed E-state index contributed by atoms with van der Waals surface area (Å²) >= 11 is 0. The molecule has 0 aliphatic heterocycles. The van der Waals surface area contributed by atoms with Crippen molar-refractivity contribution in [3.05, 3.63) is 85.1 Å². The lowest BCUT2D eigenvalue weighted by Gasteiger charge is -1.93. The summed E-state index contributed by atoms with van der Waals surface area (Å²) in [4.78, 5) is 3.31. The minimum atomic E-state index is -0.428. The number of pyridine rings is 3. The number of methoxy groups -OCH3 is 1. The summed E-state index contributed by atoms with van der Waals surface area (Å²) in [5.74, 6) is 0.229. The topological polar surface area (TPSA) is 29.9 Å². The van der Waals surface area contributed by atoms with Crippen LogP contribution in [-0.4, -0.2) is 12.1 Å². The maximum absolute atomic E-state index is 12.3. The first-order valence-electron chi connectivity index (χ1n) is 7.20. The first-order valence-corrected chi connectivity index (χ1v) is 7.20. The lowest BCUT2D eigenvalue weighted by Crippen LogP contribution is -2.31. The Morgan fingerprint density at radius 3 is 1.79 bits per heavy atom. The minimum Gasteiger partial charge on any atom is -0.448 e. The van der Waals surface area contributed by atoms with E-state index in [4.69, 9.17) is 4.74 Å². The van der Waals surface area contributed by atoms with Gasteiger partial charge in [0.25, 0.3) is 0 Å². The molecule has 0 aromatic carbocycles. The van der Waals surface area contributed by atoms with Crippen molar-refractivity contribution in [1.82, 2.24) is 4.98 Å². The molecule has 0 aliphatic carbocycles. The fourth-order valence-electron chi connectivity index (χ4n) is 1.56. The highest BCUT2D eigenvalue weighted by atomic mass is 19.1. The monoisotopic (exact) mass is 333 g/mol. The third kappa shape index (κ3) is 7.40. The molecule has 0 N–H and O–H groups in total. The molecule has 0 amide bonds. The van der Waals surface area contributed by atoms with Crippen LogP contribution >= 0.6 is 0 Å². The van der Waals surface area contributed by atoms with Crippen molar-refractivity contribution in [2.75, 3.05) is 7.11 Å². The second-order valence-corrected chi connectivity index (χ2v) is 4.64. The quantitative estimate of drug-likeness (QED) is 0.506. The first kappa shape index (κ1) is 19.2. The van der Waals surface area contributed by atoms with Gasteiger partial charge in [-0.05, 0) is 24.3 Å². The van der Waals surface area contributed by atoms with Gasteiger partial charge in [0, 0.05) is 24.4 Å². The molecule has 0 radical (unpaired) electrons. The standard InChI is InChI=1S/C7H10NO.C6H7FN.C5H4FN/c1-8-6-4-3-5-7(8)9-2;1-8-5-3-2-4-6(8)7;6-5-3-1-2-4-7-5/h3-6H,1-2H3;2-5H,1H3;1-4H/q2*+1;. The van der Waals surface area contributed by atoms with Crippen molar-refractivity contribution >= 4 is 0 Å². The third-order valence-electron chi connectivity index (χ3n) is 2.84. The zero-order chi connectivity index (χ0) is 17.8. The van der Waals surface area contributed by atoms with Crippen molar-refractivity contribution < 1.29 is 22.7 Å². The predicted molar refractivity (Wildman–Crippen MR) is 85.9 cm³/mol.